The van der Waals surface area contributed by atoms with Gasteiger partial charge in [-0.1, -0.05) is 17.7 Å². The second kappa shape index (κ2) is 9.06. The van der Waals surface area contributed by atoms with Crippen molar-refractivity contribution in [1.29, 1.82) is 0 Å². The number of nitrogens with one attached hydrogen (secondary N) is 1. The Morgan fingerprint density at radius 3 is 2.48 bits per heavy atom. The summed E-state index contributed by atoms with van der Waals surface area (Å²) in [4.78, 5) is 26.6. The highest BCUT2D eigenvalue weighted by Gasteiger charge is 2.28. The third-order valence-electron chi connectivity index (χ3n) is 4.47. The van der Waals surface area contributed by atoms with E-state index in [4.69, 9.17) is 17.3 Å². The maximum Gasteiger partial charge on any atom is 0.253 e. The number of amides is 2. The third kappa shape index (κ3) is 5.11. The van der Waals surface area contributed by atoms with Crippen LogP contribution in [0.15, 0.2) is 42.5 Å². The van der Waals surface area contributed by atoms with Crippen molar-refractivity contribution in [2.45, 2.75) is 12.8 Å². The SMILES string of the molecule is Cl.Nc1cccc(C(=O)N2CCC(C(=O)Nc3ccc(F)c(Cl)c3)CC2)c1. The number of halogens is 3. The van der Waals surface area contributed by atoms with Crippen molar-refractivity contribution in [3.8, 4) is 0 Å². The monoisotopic (exact) mass is 411 g/mol. The third-order valence-corrected chi connectivity index (χ3v) is 4.76. The molecular weight excluding hydrogens is 392 g/mol. The first-order valence-corrected chi connectivity index (χ1v) is 8.72. The standard InChI is InChI=1S/C19H19ClFN3O2.ClH/c20-16-11-15(4-5-17(16)21)23-18(25)12-6-8-24(9-7-12)19(26)13-2-1-3-14(22)10-13;/h1-5,10-12H,6-9,22H2,(H,23,25);1H. The Kier molecular flexibility index (Phi) is 7.05. The molecule has 0 atom stereocenters. The van der Waals surface area contributed by atoms with E-state index in [1.165, 1.54) is 18.2 Å². The molecule has 3 N–H and O–H groups in total. The molecule has 0 aromatic heterocycles. The minimum atomic E-state index is -0.530. The smallest absolute Gasteiger partial charge is 0.253 e. The highest BCUT2D eigenvalue weighted by atomic mass is 35.5. The summed E-state index contributed by atoms with van der Waals surface area (Å²) in [5, 5.41) is 2.72. The topological polar surface area (TPSA) is 75.4 Å². The molecule has 144 valence electrons. The molecule has 5 nitrogen and oxygen atoms in total. The van der Waals surface area contributed by atoms with E-state index in [0.29, 0.717) is 42.9 Å². The van der Waals surface area contributed by atoms with Crippen molar-refractivity contribution in [2.75, 3.05) is 24.1 Å². The number of nitrogens with two attached hydrogens (primary N) is 1. The molecule has 1 fully saturated rings. The summed E-state index contributed by atoms with van der Waals surface area (Å²) in [5.74, 6) is -0.966. The first-order valence-electron chi connectivity index (χ1n) is 8.35. The van der Waals surface area contributed by atoms with Gasteiger partial charge in [-0.15, -0.1) is 12.4 Å². The molecule has 1 saturated heterocycles. The van der Waals surface area contributed by atoms with Crippen LogP contribution in [0.1, 0.15) is 23.2 Å². The first-order chi connectivity index (χ1) is 12.4. The molecule has 3 rings (SSSR count). The van der Waals surface area contributed by atoms with E-state index in [1.54, 1.807) is 29.2 Å². The van der Waals surface area contributed by atoms with Crippen molar-refractivity contribution in [3.63, 3.8) is 0 Å². The molecule has 2 aromatic rings. The van der Waals surface area contributed by atoms with Crippen molar-refractivity contribution in [1.82, 2.24) is 4.90 Å². The number of carbonyl (C=O) groups is 2. The predicted molar refractivity (Wildman–Crippen MR) is 107 cm³/mol. The number of piperidine rings is 1. The Morgan fingerprint density at radius 1 is 1.15 bits per heavy atom. The lowest BCUT2D eigenvalue weighted by molar-refractivity contribution is -0.121. The molecule has 1 heterocycles. The number of benzene rings is 2. The summed E-state index contributed by atoms with van der Waals surface area (Å²) >= 11 is 5.73. The van der Waals surface area contributed by atoms with Crippen molar-refractivity contribution < 1.29 is 14.0 Å². The number of hydrogen-bond donors (Lipinski definition) is 2. The zero-order chi connectivity index (χ0) is 18.7. The molecule has 0 saturated carbocycles. The van der Waals surface area contributed by atoms with Gasteiger partial charge in [0, 0.05) is 35.9 Å². The number of likely N-dealkylation sites (tertiary alicyclic amines) is 1. The molecule has 0 radical (unpaired) electrons. The van der Waals surface area contributed by atoms with Gasteiger partial charge < -0.3 is 16.0 Å². The Hall–Kier alpha value is -2.31. The van der Waals surface area contributed by atoms with Gasteiger partial charge in [0.05, 0.1) is 5.02 Å². The Labute approximate surface area is 168 Å². The fourth-order valence-electron chi connectivity index (χ4n) is 3.02. The average molecular weight is 412 g/mol. The molecule has 27 heavy (non-hydrogen) atoms. The minimum absolute atomic E-state index is 0. The van der Waals surface area contributed by atoms with Crippen molar-refractivity contribution in [2.24, 2.45) is 5.92 Å². The molecule has 2 aromatic carbocycles. The van der Waals surface area contributed by atoms with Crippen LogP contribution in [0.3, 0.4) is 0 Å². The van der Waals surface area contributed by atoms with Gasteiger partial charge in [-0.2, -0.15) is 0 Å². The number of rotatable bonds is 3. The lowest BCUT2D eigenvalue weighted by Crippen LogP contribution is -2.41. The van der Waals surface area contributed by atoms with E-state index in [9.17, 15) is 14.0 Å². The zero-order valence-corrected chi connectivity index (χ0v) is 16.0. The number of nitrogens with zero attached hydrogens (tertiary/aromatic N) is 1. The van der Waals surface area contributed by atoms with Crippen molar-refractivity contribution >= 4 is 47.2 Å². The van der Waals surface area contributed by atoms with Gasteiger partial charge in [0.1, 0.15) is 5.82 Å². The van der Waals surface area contributed by atoms with Gasteiger partial charge in [-0.05, 0) is 49.2 Å². The fourth-order valence-corrected chi connectivity index (χ4v) is 3.20. The minimum Gasteiger partial charge on any atom is -0.399 e. The van der Waals surface area contributed by atoms with Gasteiger partial charge >= 0.3 is 0 Å². The highest BCUT2D eigenvalue weighted by Crippen LogP contribution is 2.23. The van der Waals surface area contributed by atoms with Gasteiger partial charge in [0.25, 0.3) is 5.91 Å². The normalized spacial score (nSPS) is 14.4. The maximum absolute atomic E-state index is 13.2. The van der Waals surface area contributed by atoms with Crippen LogP contribution < -0.4 is 11.1 Å². The quantitative estimate of drug-likeness (QED) is 0.750. The first kappa shape index (κ1) is 21.0. The largest absolute Gasteiger partial charge is 0.399 e. The molecule has 8 heteroatoms. The average Bonchev–Trinajstić information content (AvgIpc) is 2.64. The van der Waals surface area contributed by atoms with Crippen LogP contribution in [-0.2, 0) is 4.79 Å². The zero-order valence-electron chi connectivity index (χ0n) is 14.5. The lowest BCUT2D eigenvalue weighted by Gasteiger charge is -2.31. The summed E-state index contributed by atoms with van der Waals surface area (Å²) in [6.45, 7) is 0.992. The van der Waals surface area contributed by atoms with E-state index < -0.39 is 5.82 Å². The Balaban J connectivity index is 0.00000261. The van der Waals surface area contributed by atoms with Gasteiger partial charge in [0.15, 0.2) is 0 Å². The second-order valence-corrected chi connectivity index (χ2v) is 6.72. The van der Waals surface area contributed by atoms with Crippen LogP contribution in [0, 0.1) is 11.7 Å². The number of hydrogen-bond acceptors (Lipinski definition) is 3. The van der Waals surface area contributed by atoms with Crippen LogP contribution in [0.25, 0.3) is 0 Å². The second-order valence-electron chi connectivity index (χ2n) is 6.31. The summed E-state index contributed by atoms with van der Waals surface area (Å²) in [6, 6.07) is 10.9. The Bertz CT molecular complexity index is 839. The van der Waals surface area contributed by atoms with Crippen LogP contribution in [0.5, 0.6) is 0 Å². The van der Waals surface area contributed by atoms with Crippen LogP contribution in [-0.4, -0.2) is 29.8 Å². The fraction of sp³-hybridized carbons (Fsp3) is 0.263. The highest BCUT2D eigenvalue weighted by molar-refractivity contribution is 6.31. The molecule has 0 spiro atoms. The van der Waals surface area contributed by atoms with Gasteiger partial charge in [0.2, 0.25) is 5.91 Å². The lowest BCUT2D eigenvalue weighted by atomic mass is 9.95. The summed E-state index contributed by atoms with van der Waals surface area (Å²) in [6.07, 6.45) is 1.13. The van der Waals surface area contributed by atoms with E-state index in [0.717, 1.165) is 0 Å². The summed E-state index contributed by atoms with van der Waals surface area (Å²) in [5.41, 5.74) is 7.28. The number of anilines is 2. The number of nitrogen functional groups attached to an aromatic ring is 1. The molecular formula is C19H20Cl2FN3O2. The van der Waals surface area contributed by atoms with Crippen LogP contribution >= 0.6 is 24.0 Å². The summed E-state index contributed by atoms with van der Waals surface area (Å²) < 4.78 is 13.2. The van der Waals surface area contributed by atoms with Crippen LogP contribution in [0.2, 0.25) is 5.02 Å². The van der Waals surface area contributed by atoms with Gasteiger partial charge in [-0.25, -0.2) is 4.39 Å². The summed E-state index contributed by atoms with van der Waals surface area (Å²) in [7, 11) is 0. The van der Waals surface area contributed by atoms with E-state index in [-0.39, 0.29) is 35.2 Å². The molecule has 1 aliphatic rings. The molecule has 0 bridgehead atoms. The van der Waals surface area contributed by atoms with Crippen LogP contribution in [0.4, 0.5) is 15.8 Å². The maximum atomic E-state index is 13.2. The van der Waals surface area contributed by atoms with E-state index in [2.05, 4.69) is 5.32 Å². The Morgan fingerprint density at radius 2 is 1.85 bits per heavy atom. The van der Waals surface area contributed by atoms with Crippen molar-refractivity contribution in [3.05, 3.63) is 58.9 Å². The predicted octanol–water partition coefficient (Wildman–Crippen LogP) is 3.97. The van der Waals surface area contributed by atoms with Gasteiger partial charge in [-0.3, -0.25) is 9.59 Å². The number of carbonyl (C=O) groups excluding carboxylic acids is 2. The molecule has 2 amide bonds. The molecule has 1 aliphatic heterocycles. The van der Waals surface area contributed by atoms with E-state index >= 15 is 0 Å². The molecule has 0 unspecified atom stereocenters. The van der Waals surface area contributed by atoms with E-state index in [1.807, 2.05) is 0 Å². The molecule has 0 aliphatic carbocycles.